The SMILES string of the molecule is CCOC(=O)c1cc2c(=O)n3cccc(C)c3nc2[n+](CC(C)C)c1N. The molecule has 7 nitrogen and oxygen atoms in total. The van der Waals surface area contributed by atoms with E-state index in [1.807, 2.05) is 26.8 Å². The van der Waals surface area contributed by atoms with Crippen molar-refractivity contribution in [2.24, 2.45) is 5.92 Å². The number of pyridine rings is 2. The van der Waals surface area contributed by atoms with Crippen LogP contribution >= 0.6 is 0 Å². The highest BCUT2D eigenvalue weighted by Crippen LogP contribution is 2.17. The number of aromatic nitrogens is 3. The van der Waals surface area contributed by atoms with Crippen LogP contribution < -0.4 is 15.9 Å². The fourth-order valence-electron chi connectivity index (χ4n) is 3.03. The van der Waals surface area contributed by atoms with Gasteiger partial charge >= 0.3 is 5.97 Å². The Hall–Kier alpha value is -2.96. The summed E-state index contributed by atoms with van der Waals surface area (Å²) in [4.78, 5) is 30.1. The van der Waals surface area contributed by atoms with Crippen molar-refractivity contribution in [3.05, 3.63) is 45.9 Å². The maximum Gasteiger partial charge on any atom is 0.344 e. The lowest BCUT2D eigenvalue weighted by Gasteiger charge is -2.13. The van der Waals surface area contributed by atoms with Gasteiger partial charge in [-0.25, -0.2) is 9.36 Å². The Morgan fingerprint density at radius 3 is 2.81 bits per heavy atom. The lowest BCUT2D eigenvalue weighted by Crippen LogP contribution is -2.43. The number of fused-ring (bicyclic) bond motifs is 2. The predicted molar refractivity (Wildman–Crippen MR) is 99.1 cm³/mol. The van der Waals surface area contributed by atoms with Crippen LogP contribution in [0.2, 0.25) is 0 Å². The van der Waals surface area contributed by atoms with E-state index in [0.29, 0.717) is 23.2 Å². The number of ether oxygens (including phenoxy) is 1. The van der Waals surface area contributed by atoms with E-state index in [4.69, 9.17) is 15.5 Å². The van der Waals surface area contributed by atoms with E-state index in [2.05, 4.69) is 0 Å². The molecule has 0 saturated carbocycles. The van der Waals surface area contributed by atoms with Gasteiger partial charge in [-0.05, 0) is 31.9 Å². The average Bonchev–Trinajstić information content (AvgIpc) is 2.58. The van der Waals surface area contributed by atoms with Crippen molar-refractivity contribution in [3.63, 3.8) is 0 Å². The third-order valence-corrected chi connectivity index (χ3v) is 4.22. The molecule has 136 valence electrons. The summed E-state index contributed by atoms with van der Waals surface area (Å²) >= 11 is 0. The maximum atomic E-state index is 13.0. The van der Waals surface area contributed by atoms with E-state index in [9.17, 15) is 9.59 Å². The Morgan fingerprint density at radius 2 is 2.15 bits per heavy atom. The number of hydrogen-bond donors (Lipinski definition) is 1. The summed E-state index contributed by atoms with van der Waals surface area (Å²) in [5.41, 5.74) is 8.16. The zero-order chi connectivity index (χ0) is 19.0. The van der Waals surface area contributed by atoms with Crippen molar-refractivity contribution in [1.82, 2.24) is 9.38 Å². The number of esters is 1. The largest absolute Gasteiger partial charge is 0.462 e. The number of nitrogen functional groups attached to an aromatic ring is 1. The number of nitrogens with two attached hydrogens (primary N) is 1. The number of hydrogen-bond acceptors (Lipinski definition) is 5. The molecule has 0 radical (unpaired) electrons. The molecule has 0 aromatic carbocycles. The molecule has 0 bridgehead atoms. The Labute approximate surface area is 151 Å². The quantitative estimate of drug-likeness (QED) is 0.438. The molecule has 2 N–H and O–H groups in total. The number of rotatable bonds is 4. The third-order valence-electron chi connectivity index (χ3n) is 4.22. The van der Waals surface area contributed by atoms with Gasteiger partial charge in [-0.2, -0.15) is 0 Å². The maximum absolute atomic E-state index is 13.0. The van der Waals surface area contributed by atoms with Crippen molar-refractivity contribution in [1.29, 1.82) is 0 Å². The molecule has 0 saturated heterocycles. The Kier molecular flexibility index (Phi) is 4.63. The first-order valence-corrected chi connectivity index (χ1v) is 8.66. The van der Waals surface area contributed by atoms with E-state index >= 15 is 0 Å². The molecular weight excluding hydrogens is 332 g/mol. The highest BCUT2D eigenvalue weighted by atomic mass is 16.5. The molecule has 0 aliphatic rings. The summed E-state index contributed by atoms with van der Waals surface area (Å²) < 4.78 is 8.33. The smallest absolute Gasteiger partial charge is 0.344 e. The highest BCUT2D eigenvalue weighted by molar-refractivity contribution is 5.96. The molecule has 0 fully saturated rings. The second-order valence-electron chi connectivity index (χ2n) is 6.71. The van der Waals surface area contributed by atoms with Crippen LogP contribution in [0.1, 0.15) is 36.7 Å². The number of carbonyl (C=O) groups is 1. The monoisotopic (exact) mass is 355 g/mol. The standard InChI is InChI=1S/C19H22N4O3/c1-5-26-19(25)13-9-14-17(23(15(13)20)10-11(2)3)21-16-12(4)7-6-8-22(16)18(14)24/h6-9,11,20H,5,10H2,1-4H3/p+1. The predicted octanol–water partition coefficient (Wildman–Crippen LogP) is 1.86. The van der Waals surface area contributed by atoms with Crippen molar-refractivity contribution in [3.8, 4) is 0 Å². The molecule has 3 heterocycles. The average molecular weight is 355 g/mol. The van der Waals surface area contributed by atoms with E-state index in [1.54, 1.807) is 23.8 Å². The first-order chi connectivity index (χ1) is 12.3. The number of aryl methyl sites for hydroxylation is 1. The molecule has 0 unspecified atom stereocenters. The summed E-state index contributed by atoms with van der Waals surface area (Å²) in [6, 6.07) is 5.18. The van der Waals surface area contributed by atoms with E-state index < -0.39 is 5.97 Å². The second-order valence-corrected chi connectivity index (χ2v) is 6.71. The van der Waals surface area contributed by atoms with Gasteiger partial charge in [0.25, 0.3) is 11.2 Å². The third kappa shape index (κ3) is 2.89. The first-order valence-electron chi connectivity index (χ1n) is 8.66. The van der Waals surface area contributed by atoms with Gasteiger partial charge in [0.1, 0.15) is 10.9 Å². The molecule has 0 atom stereocenters. The van der Waals surface area contributed by atoms with Crippen LogP contribution in [0.15, 0.2) is 29.2 Å². The normalized spacial score (nSPS) is 11.4. The van der Waals surface area contributed by atoms with Crippen LogP contribution in [0.3, 0.4) is 0 Å². The number of anilines is 1. The zero-order valence-corrected chi connectivity index (χ0v) is 15.4. The summed E-state index contributed by atoms with van der Waals surface area (Å²) in [5.74, 6) is -0.0345. The van der Waals surface area contributed by atoms with Crippen LogP contribution in [-0.4, -0.2) is 22.0 Å². The molecule has 3 rings (SSSR count). The lowest BCUT2D eigenvalue weighted by molar-refractivity contribution is -0.664. The highest BCUT2D eigenvalue weighted by Gasteiger charge is 2.25. The minimum atomic E-state index is -0.543. The minimum absolute atomic E-state index is 0.187. The van der Waals surface area contributed by atoms with E-state index in [-0.39, 0.29) is 29.5 Å². The van der Waals surface area contributed by atoms with Crippen LogP contribution in [0.5, 0.6) is 0 Å². The van der Waals surface area contributed by atoms with Gasteiger partial charge in [-0.1, -0.05) is 24.9 Å². The molecule has 0 aliphatic heterocycles. The summed E-state index contributed by atoms with van der Waals surface area (Å²) in [7, 11) is 0. The molecule has 3 aromatic heterocycles. The van der Waals surface area contributed by atoms with E-state index in [1.165, 1.54) is 10.5 Å². The van der Waals surface area contributed by atoms with Crippen molar-refractivity contribution >= 4 is 28.5 Å². The van der Waals surface area contributed by atoms with Crippen LogP contribution in [0.25, 0.3) is 16.7 Å². The summed E-state index contributed by atoms with van der Waals surface area (Å²) in [6.07, 6.45) is 1.67. The molecule has 26 heavy (non-hydrogen) atoms. The zero-order valence-electron chi connectivity index (χ0n) is 15.4. The fraction of sp³-hybridized carbons (Fsp3) is 0.368. The molecule has 0 spiro atoms. The first kappa shape index (κ1) is 17.8. The Morgan fingerprint density at radius 1 is 1.42 bits per heavy atom. The molecule has 7 heteroatoms. The summed E-state index contributed by atoms with van der Waals surface area (Å²) in [5, 5.41) is 0.339. The van der Waals surface area contributed by atoms with Gasteiger partial charge in [0.15, 0.2) is 0 Å². The Balaban J connectivity index is 2.46. The fourth-order valence-corrected chi connectivity index (χ4v) is 3.03. The minimum Gasteiger partial charge on any atom is -0.462 e. The number of carbonyl (C=O) groups excluding carboxylic acids is 1. The van der Waals surface area contributed by atoms with Gasteiger partial charge in [0, 0.05) is 11.8 Å². The van der Waals surface area contributed by atoms with Crippen LogP contribution in [-0.2, 0) is 11.3 Å². The van der Waals surface area contributed by atoms with Crippen LogP contribution in [0, 0.1) is 12.8 Å². The molecular formula is C19H23N4O3+. The second kappa shape index (κ2) is 6.74. The number of nitrogens with zero attached hydrogens (tertiary/aromatic N) is 3. The van der Waals surface area contributed by atoms with Gasteiger partial charge in [0.05, 0.1) is 13.2 Å². The van der Waals surface area contributed by atoms with Gasteiger partial charge in [-0.3, -0.25) is 9.20 Å². The van der Waals surface area contributed by atoms with Crippen molar-refractivity contribution < 1.29 is 14.1 Å². The van der Waals surface area contributed by atoms with Crippen LogP contribution in [0.4, 0.5) is 5.82 Å². The summed E-state index contributed by atoms with van der Waals surface area (Å²) in [6.45, 7) is 8.46. The van der Waals surface area contributed by atoms with E-state index in [0.717, 1.165) is 5.56 Å². The van der Waals surface area contributed by atoms with Crippen molar-refractivity contribution in [2.75, 3.05) is 12.3 Å². The van der Waals surface area contributed by atoms with Gasteiger partial charge in [-0.15, -0.1) is 0 Å². The topological polar surface area (TPSA) is 90.6 Å². The van der Waals surface area contributed by atoms with Crippen molar-refractivity contribution in [2.45, 2.75) is 34.2 Å². The van der Waals surface area contributed by atoms with Gasteiger partial charge < -0.3 is 10.5 Å². The molecule has 3 aromatic rings. The molecule has 0 amide bonds. The molecule has 0 aliphatic carbocycles. The van der Waals surface area contributed by atoms with Gasteiger partial charge in [0.2, 0.25) is 11.5 Å². The Bertz CT molecular complexity index is 1070. The lowest BCUT2D eigenvalue weighted by atomic mass is 10.1.